The molecule has 1 aliphatic heterocycles. The monoisotopic (exact) mass is 376 g/mol. The lowest BCUT2D eigenvalue weighted by atomic mass is 10.2. The van der Waals surface area contributed by atoms with Crippen LogP contribution >= 0.6 is 0 Å². The number of nitrogens with one attached hydrogen (secondary N) is 1. The normalized spacial score (nSPS) is 14.6. The molecule has 0 bridgehead atoms. The Morgan fingerprint density at radius 2 is 1.89 bits per heavy atom. The second kappa shape index (κ2) is 8.56. The topological polar surface area (TPSA) is 66.3 Å². The maximum absolute atomic E-state index is 12.7. The molecule has 0 unspecified atom stereocenters. The van der Waals surface area contributed by atoms with E-state index in [4.69, 9.17) is 0 Å². The van der Waals surface area contributed by atoms with Crippen molar-refractivity contribution in [3.05, 3.63) is 72.9 Å². The highest BCUT2D eigenvalue weighted by atomic mass is 16.2. The van der Waals surface area contributed by atoms with Gasteiger partial charge in [-0.15, -0.1) is 0 Å². The van der Waals surface area contributed by atoms with Crippen LogP contribution < -0.4 is 10.2 Å². The van der Waals surface area contributed by atoms with E-state index in [0.717, 1.165) is 37.4 Å². The number of amides is 2. The van der Waals surface area contributed by atoms with Gasteiger partial charge in [0.2, 0.25) is 0 Å². The lowest BCUT2D eigenvalue weighted by Crippen LogP contribution is -2.41. The van der Waals surface area contributed by atoms with Gasteiger partial charge in [-0.05, 0) is 24.6 Å². The van der Waals surface area contributed by atoms with E-state index in [1.165, 1.54) is 5.69 Å². The zero-order chi connectivity index (χ0) is 19.2. The fraction of sp³-hybridized carbons (Fsp3) is 0.286. The molecule has 0 spiro atoms. The summed E-state index contributed by atoms with van der Waals surface area (Å²) in [6.45, 7) is 3.70. The van der Waals surface area contributed by atoms with Crippen molar-refractivity contribution in [2.75, 3.05) is 31.1 Å². The Morgan fingerprint density at radius 3 is 2.71 bits per heavy atom. The average Bonchev–Trinajstić information content (AvgIpc) is 3.17. The van der Waals surface area contributed by atoms with E-state index >= 15 is 0 Å². The zero-order valence-electron chi connectivity index (χ0n) is 15.7. The fourth-order valence-electron chi connectivity index (χ4n) is 3.49. The van der Waals surface area contributed by atoms with Crippen LogP contribution in [-0.2, 0) is 6.54 Å². The molecule has 0 atom stereocenters. The molecule has 0 aliphatic carbocycles. The van der Waals surface area contributed by atoms with E-state index in [1.54, 1.807) is 18.7 Å². The highest BCUT2D eigenvalue weighted by Gasteiger charge is 2.19. The van der Waals surface area contributed by atoms with Crippen LogP contribution in [0.3, 0.4) is 0 Å². The number of aromatic nitrogens is 3. The molecule has 3 aromatic rings. The Balaban J connectivity index is 1.36. The molecule has 7 heteroatoms. The van der Waals surface area contributed by atoms with Gasteiger partial charge in [0.1, 0.15) is 12.1 Å². The summed E-state index contributed by atoms with van der Waals surface area (Å²) in [6.07, 6.45) is 7.97. The van der Waals surface area contributed by atoms with Crippen LogP contribution in [0.1, 0.15) is 12.0 Å². The van der Waals surface area contributed by atoms with E-state index in [0.29, 0.717) is 13.1 Å². The van der Waals surface area contributed by atoms with E-state index < -0.39 is 0 Å². The van der Waals surface area contributed by atoms with Crippen molar-refractivity contribution in [1.29, 1.82) is 0 Å². The van der Waals surface area contributed by atoms with Gasteiger partial charge in [-0.3, -0.25) is 4.57 Å². The Bertz CT molecular complexity index is 896. The fourth-order valence-corrected chi connectivity index (χ4v) is 3.49. The van der Waals surface area contributed by atoms with Crippen molar-refractivity contribution in [1.82, 2.24) is 24.8 Å². The number of carbonyl (C=O) groups excluding carboxylic acids is 1. The second-order valence-corrected chi connectivity index (χ2v) is 6.78. The van der Waals surface area contributed by atoms with Gasteiger partial charge in [0.05, 0.1) is 0 Å². The van der Waals surface area contributed by atoms with E-state index in [1.807, 2.05) is 33.9 Å². The summed E-state index contributed by atoms with van der Waals surface area (Å²) in [6, 6.07) is 14.2. The standard InChI is InChI=1S/C21H24N6O/c28-21(24-16-18-6-4-9-23-20(18)27-13-10-22-17-27)26-12-5-11-25(14-15-26)19-7-2-1-3-8-19/h1-4,6-10,13,17H,5,11-12,14-16H2,(H,24,28). The number of carbonyl (C=O) groups is 1. The lowest BCUT2D eigenvalue weighted by molar-refractivity contribution is 0.201. The molecule has 1 N–H and O–H groups in total. The van der Waals surface area contributed by atoms with E-state index in [2.05, 4.69) is 44.5 Å². The summed E-state index contributed by atoms with van der Waals surface area (Å²) in [5, 5.41) is 3.05. The molecule has 2 aromatic heterocycles. The number of para-hydroxylation sites is 1. The van der Waals surface area contributed by atoms with E-state index in [9.17, 15) is 4.79 Å². The molecule has 0 radical (unpaired) electrons. The minimum Gasteiger partial charge on any atom is -0.370 e. The van der Waals surface area contributed by atoms with Gasteiger partial charge in [-0.25, -0.2) is 14.8 Å². The number of urea groups is 1. The minimum atomic E-state index is -0.0321. The van der Waals surface area contributed by atoms with Crippen LogP contribution in [0.15, 0.2) is 67.4 Å². The number of hydrogen-bond donors (Lipinski definition) is 1. The molecule has 7 nitrogen and oxygen atoms in total. The molecule has 1 saturated heterocycles. The van der Waals surface area contributed by atoms with Crippen molar-refractivity contribution in [2.24, 2.45) is 0 Å². The number of benzene rings is 1. The molecular formula is C21H24N6O. The van der Waals surface area contributed by atoms with Crippen LogP contribution in [0.2, 0.25) is 0 Å². The lowest BCUT2D eigenvalue weighted by Gasteiger charge is -2.24. The molecule has 1 aliphatic rings. The zero-order valence-corrected chi connectivity index (χ0v) is 15.7. The summed E-state index contributed by atoms with van der Waals surface area (Å²) >= 11 is 0. The predicted molar refractivity (Wildman–Crippen MR) is 108 cm³/mol. The Morgan fingerprint density at radius 1 is 1.00 bits per heavy atom. The molecule has 4 rings (SSSR count). The molecule has 3 heterocycles. The van der Waals surface area contributed by atoms with Crippen molar-refractivity contribution in [3.63, 3.8) is 0 Å². The first kappa shape index (κ1) is 18.0. The third-order valence-electron chi connectivity index (χ3n) is 4.95. The van der Waals surface area contributed by atoms with Crippen LogP contribution in [0.25, 0.3) is 5.82 Å². The molecule has 1 aromatic carbocycles. The van der Waals surface area contributed by atoms with Crippen molar-refractivity contribution >= 4 is 11.7 Å². The number of imidazole rings is 1. The van der Waals surface area contributed by atoms with Gasteiger partial charge < -0.3 is 15.1 Å². The first-order valence-electron chi connectivity index (χ1n) is 9.56. The number of anilines is 1. The van der Waals surface area contributed by atoms with Gasteiger partial charge in [0, 0.05) is 62.6 Å². The van der Waals surface area contributed by atoms with Crippen molar-refractivity contribution < 1.29 is 4.79 Å². The van der Waals surface area contributed by atoms with Crippen LogP contribution in [0.4, 0.5) is 10.5 Å². The Kier molecular flexibility index (Phi) is 5.51. The highest BCUT2D eigenvalue weighted by molar-refractivity contribution is 5.74. The van der Waals surface area contributed by atoms with Crippen LogP contribution in [0, 0.1) is 0 Å². The Hall–Kier alpha value is -3.35. The van der Waals surface area contributed by atoms with Crippen molar-refractivity contribution in [2.45, 2.75) is 13.0 Å². The smallest absolute Gasteiger partial charge is 0.317 e. The predicted octanol–water partition coefficient (Wildman–Crippen LogP) is 2.69. The first-order chi connectivity index (χ1) is 13.8. The van der Waals surface area contributed by atoms with Gasteiger partial charge in [-0.1, -0.05) is 24.3 Å². The summed E-state index contributed by atoms with van der Waals surface area (Å²) in [5.74, 6) is 0.784. The minimum absolute atomic E-state index is 0.0321. The molecule has 0 saturated carbocycles. The summed E-state index contributed by atoms with van der Waals surface area (Å²) < 4.78 is 1.85. The maximum Gasteiger partial charge on any atom is 0.317 e. The van der Waals surface area contributed by atoms with Crippen LogP contribution in [-0.4, -0.2) is 51.6 Å². The molecule has 144 valence electrons. The Labute approximate surface area is 164 Å². The summed E-state index contributed by atoms with van der Waals surface area (Å²) in [5.41, 5.74) is 2.17. The second-order valence-electron chi connectivity index (χ2n) is 6.78. The van der Waals surface area contributed by atoms with Gasteiger partial charge in [0.15, 0.2) is 0 Å². The van der Waals surface area contributed by atoms with Gasteiger partial charge >= 0.3 is 6.03 Å². The number of nitrogens with zero attached hydrogens (tertiary/aromatic N) is 5. The largest absolute Gasteiger partial charge is 0.370 e. The molecular weight excluding hydrogens is 352 g/mol. The molecule has 2 amide bonds. The average molecular weight is 376 g/mol. The van der Waals surface area contributed by atoms with Crippen molar-refractivity contribution in [3.8, 4) is 5.82 Å². The maximum atomic E-state index is 12.7. The van der Waals surface area contributed by atoms with Crippen LogP contribution in [0.5, 0.6) is 0 Å². The van der Waals surface area contributed by atoms with Gasteiger partial charge in [0.25, 0.3) is 0 Å². The number of pyridine rings is 1. The van der Waals surface area contributed by atoms with E-state index in [-0.39, 0.29) is 6.03 Å². The third kappa shape index (κ3) is 4.14. The summed E-state index contributed by atoms with van der Waals surface area (Å²) in [7, 11) is 0. The molecule has 28 heavy (non-hydrogen) atoms. The SMILES string of the molecule is O=C(NCc1cccnc1-n1ccnc1)N1CCCN(c2ccccc2)CC1. The highest BCUT2D eigenvalue weighted by Crippen LogP contribution is 2.16. The first-order valence-corrected chi connectivity index (χ1v) is 9.56. The third-order valence-corrected chi connectivity index (χ3v) is 4.95. The molecule has 1 fully saturated rings. The van der Waals surface area contributed by atoms with Gasteiger partial charge in [-0.2, -0.15) is 0 Å². The summed E-state index contributed by atoms with van der Waals surface area (Å²) in [4.78, 5) is 25.5. The quantitative estimate of drug-likeness (QED) is 0.760. The number of hydrogen-bond acceptors (Lipinski definition) is 4. The number of rotatable bonds is 4.